The number of carboxylic acid groups (broad SMARTS) is 1. The van der Waals surface area contributed by atoms with E-state index in [1.165, 1.54) is 13.2 Å². The maximum absolute atomic E-state index is 14.3. The predicted octanol–water partition coefficient (Wildman–Crippen LogP) is 6.04. The molecule has 34 heavy (non-hydrogen) atoms. The standard InChI is InChI=1S/C26H27F2N3O3/c1-14(2)24-23(15-6-8-26(34-3,9-7-15)25(32)33)17-11-20-21(30-13-29-20)12-22(17)31(24)16-4-5-18(27)19(28)10-16/h4-5,10-15H,6-9H2,1-3H3,(H,29,30)(H,32,33). The quantitative estimate of drug-likeness (QED) is 0.375. The number of imidazole rings is 1. The molecule has 1 saturated carbocycles. The lowest BCUT2D eigenvalue weighted by molar-refractivity contribution is -0.166. The molecular formula is C26H27F2N3O3. The third kappa shape index (κ3) is 3.39. The average molecular weight is 468 g/mol. The summed E-state index contributed by atoms with van der Waals surface area (Å²) in [6.45, 7) is 4.16. The Morgan fingerprint density at radius 2 is 1.94 bits per heavy atom. The van der Waals surface area contributed by atoms with Crippen molar-refractivity contribution in [2.24, 2.45) is 0 Å². The summed E-state index contributed by atoms with van der Waals surface area (Å²) in [6, 6.07) is 7.99. The topological polar surface area (TPSA) is 80.1 Å². The molecule has 0 saturated heterocycles. The van der Waals surface area contributed by atoms with Crippen LogP contribution in [0.4, 0.5) is 8.78 Å². The van der Waals surface area contributed by atoms with Gasteiger partial charge in [-0.2, -0.15) is 0 Å². The number of nitrogens with one attached hydrogen (secondary N) is 1. The molecule has 2 aromatic heterocycles. The number of carbonyl (C=O) groups is 1. The first-order chi connectivity index (χ1) is 16.3. The number of aliphatic carboxylic acids is 1. The van der Waals surface area contributed by atoms with Crippen molar-refractivity contribution in [3.8, 4) is 5.69 Å². The molecule has 2 aromatic carbocycles. The van der Waals surface area contributed by atoms with E-state index in [-0.39, 0.29) is 11.8 Å². The number of aromatic nitrogens is 3. The van der Waals surface area contributed by atoms with Gasteiger partial charge in [-0.3, -0.25) is 0 Å². The first-order valence-electron chi connectivity index (χ1n) is 11.5. The van der Waals surface area contributed by atoms with Gasteiger partial charge < -0.3 is 19.4 Å². The highest BCUT2D eigenvalue weighted by atomic mass is 19.2. The number of hydrogen-bond acceptors (Lipinski definition) is 3. The molecule has 0 atom stereocenters. The molecule has 0 amide bonds. The Hall–Kier alpha value is -3.26. The fraction of sp³-hybridized carbons (Fsp3) is 0.385. The molecule has 1 aliphatic rings. The number of ether oxygens (including phenoxy) is 1. The molecule has 0 radical (unpaired) electrons. The monoisotopic (exact) mass is 467 g/mol. The third-order valence-corrected chi connectivity index (χ3v) is 7.28. The van der Waals surface area contributed by atoms with E-state index in [0.717, 1.165) is 39.3 Å². The maximum atomic E-state index is 14.3. The molecule has 2 heterocycles. The highest BCUT2D eigenvalue weighted by Crippen LogP contribution is 2.47. The Balaban J connectivity index is 1.75. The summed E-state index contributed by atoms with van der Waals surface area (Å²) < 4.78 is 35.5. The van der Waals surface area contributed by atoms with E-state index in [1.807, 2.05) is 10.6 Å². The van der Waals surface area contributed by atoms with Gasteiger partial charge in [0.2, 0.25) is 0 Å². The summed E-state index contributed by atoms with van der Waals surface area (Å²) in [5, 5.41) is 10.8. The highest BCUT2D eigenvalue weighted by Gasteiger charge is 2.43. The van der Waals surface area contributed by atoms with Gasteiger partial charge in [-0.15, -0.1) is 0 Å². The van der Waals surface area contributed by atoms with Crippen molar-refractivity contribution >= 4 is 27.9 Å². The summed E-state index contributed by atoms with van der Waals surface area (Å²) >= 11 is 0. The first-order valence-corrected chi connectivity index (χ1v) is 11.5. The second-order valence-electron chi connectivity index (χ2n) is 9.45. The average Bonchev–Trinajstić information content (AvgIpc) is 3.41. The summed E-state index contributed by atoms with van der Waals surface area (Å²) in [4.78, 5) is 19.5. The van der Waals surface area contributed by atoms with Gasteiger partial charge in [0.25, 0.3) is 0 Å². The number of halogens is 2. The van der Waals surface area contributed by atoms with Crippen LogP contribution >= 0.6 is 0 Å². The molecular weight excluding hydrogens is 440 g/mol. The lowest BCUT2D eigenvalue weighted by atomic mass is 9.74. The second-order valence-corrected chi connectivity index (χ2v) is 9.45. The van der Waals surface area contributed by atoms with E-state index in [2.05, 4.69) is 29.9 Å². The fourth-order valence-electron chi connectivity index (χ4n) is 5.54. The number of nitrogens with zero attached hydrogens (tertiary/aromatic N) is 2. The SMILES string of the molecule is COC1(C(=O)O)CCC(c2c(C(C)C)n(-c3ccc(F)c(F)c3)c3cc4nc[nH]c4cc23)CC1. The number of benzene rings is 2. The normalized spacial score (nSPS) is 21.1. The van der Waals surface area contributed by atoms with Crippen LogP contribution < -0.4 is 0 Å². The zero-order chi connectivity index (χ0) is 24.2. The van der Waals surface area contributed by atoms with Crippen LogP contribution in [-0.2, 0) is 9.53 Å². The van der Waals surface area contributed by atoms with E-state index < -0.39 is 23.2 Å². The molecule has 0 spiro atoms. The zero-order valence-corrected chi connectivity index (χ0v) is 19.4. The molecule has 1 aliphatic carbocycles. The van der Waals surface area contributed by atoms with Gasteiger partial charge in [-0.25, -0.2) is 18.6 Å². The third-order valence-electron chi connectivity index (χ3n) is 7.28. The number of aromatic amines is 1. The van der Waals surface area contributed by atoms with Crippen LogP contribution in [0.25, 0.3) is 27.6 Å². The summed E-state index contributed by atoms with van der Waals surface area (Å²) in [5.74, 6) is -2.54. The van der Waals surface area contributed by atoms with Crippen molar-refractivity contribution < 1.29 is 23.4 Å². The van der Waals surface area contributed by atoms with Crippen molar-refractivity contribution in [1.29, 1.82) is 0 Å². The Morgan fingerprint density at radius 1 is 1.21 bits per heavy atom. The van der Waals surface area contributed by atoms with Gasteiger partial charge >= 0.3 is 5.97 Å². The van der Waals surface area contributed by atoms with Crippen LogP contribution in [0.3, 0.4) is 0 Å². The van der Waals surface area contributed by atoms with E-state index in [0.29, 0.717) is 31.4 Å². The molecule has 0 bridgehead atoms. The predicted molar refractivity (Wildman–Crippen MR) is 126 cm³/mol. The van der Waals surface area contributed by atoms with Crippen LogP contribution in [0.5, 0.6) is 0 Å². The minimum absolute atomic E-state index is 0.0791. The summed E-state index contributed by atoms with van der Waals surface area (Å²) in [6.07, 6.45) is 3.75. The number of hydrogen-bond donors (Lipinski definition) is 2. The maximum Gasteiger partial charge on any atom is 0.335 e. The van der Waals surface area contributed by atoms with Crippen molar-refractivity contribution in [1.82, 2.24) is 14.5 Å². The van der Waals surface area contributed by atoms with Crippen LogP contribution in [-0.4, -0.2) is 38.3 Å². The van der Waals surface area contributed by atoms with Crippen LogP contribution in [0.15, 0.2) is 36.7 Å². The number of fused-ring (bicyclic) bond motifs is 2. The Labute approximate surface area is 195 Å². The van der Waals surface area contributed by atoms with Gasteiger partial charge in [0, 0.05) is 29.9 Å². The Kier molecular flexibility index (Phi) is 5.43. The molecule has 5 rings (SSSR count). The zero-order valence-electron chi connectivity index (χ0n) is 19.4. The van der Waals surface area contributed by atoms with Crippen molar-refractivity contribution in [3.05, 3.63) is 59.6 Å². The van der Waals surface area contributed by atoms with Crippen LogP contribution in [0, 0.1) is 11.6 Å². The molecule has 1 fully saturated rings. The Bertz CT molecular complexity index is 1400. The molecule has 178 valence electrons. The number of carboxylic acids is 1. The van der Waals surface area contributed by atoms with Gasteiger partial charge in [-0.05, 0) is 67.3 Å². The lowest BCUT2D eigenvalue weighted by Crippen LogP contribution is -2.43. The molecule has 2 N–H and O–H groups in total. The summed E-state index contributed by atoms with van der Waals surface area (Å²) in [5.41, 5.74) is 4.05. The number of H-pyrrole nitrogens is 1. The molecule has 8 heteroatoms. The van der Waals surface area contributed by atoms with Gasteiger partial charge in [0.15, 0.2) is 17.2 Å². The minimum atomic E-state index is -1.16. The Morgan fingerprint density at radius 3 is 2.56 bits per heavy atom. The van der Waals surface area contributed by atoms with E-state index in [1.54, 1.807) is 12.4 Å². The fourth-order valence-corrected chi connectivity index (χ4v) is 5.54. The smallest absolute Gasteiger partial charge is 0.335 e. The molecule has 4 aromatic rings. The van der Waals surface area contributed by atoms with Crippen molar-refractivity contribution in [3.63, 3.8) is 0 Å². The summed E-state index contributed by atoms with van der Waals surface area (Å²) in [7, 11) is 1.46. The second kappa shape index (κ2) is 8.20. The highest BCUT2D eigenvalue weighted by molar-refractivity contribution is 5.98. The van der Waals surface area contributed by atoms with E-state index in [9.17, 15) is 18.7 Å². The number of rotatable bonds is 5. The number of methoxy groups -OCH3 is 1. The molecule has 0 aliphatic heterocycles. The van der Waals surface area contributed by atoms with Crippen molar-refractivity contribution in [2.75, 3.05) is 7.11 Å². The van der Waals surface area contributed by atoms with E-state index in [4.69, 9.17) is 4.74 Å². The first kappa shape index (κ1) is 22.5. The van der Waals surface area contributed by atoms with Crippen molar-refractivity contribution in [2.45, 2.75) is 57.0 Å². The largest absolute Gasteiger partial charge is 0.479 e. The van der Waals surface area contributed by atoms with Gasteiger partial charge in [0.05, 0.1) is 22.9 Å². The van der Waals surface area contributed by atoms with Crippen LogP contribution in [0.1, 0.15) is 62.6 Å². The van der Waals surface area contributed by atoms with Gasteiger partial charge in [0.1, 0.15) is 0 Å². The van der Waals surface area contributed by atoms with Crippen LogP contribution in [0.2, 0.25) is 0 Å². The minimum Gasteiger partial charge on any atom is -0.479 e. The van der Waals surface area contributed by atoms with Gasteiger partial charge in [-0.1, -0.05) is 13.8 Å². The van der Waals surface area contributed by atoms with E-state index >= 15 is 0 Å². The lowest BCUT2D eigenvalue weighted by Gasteiger charge is -2.36. The molecule has 0 unspecified atom stereocenters. The molecule has 6 nitrogen and oxygen atoms in total.